The molecule has 0 saturated heterocycles. The minimum absolute atomic E-state index is 0.176. The third-order valence-corrected chi connectivity index (χ3v) is 4.44. The predicted octanol–water partition coefficient (Wildman–Crippen LogP) is 2.49. The summed E-state index contributed by atoms with van der Waals surface area (Å²) in [5.41, 5.74) is 6.05. The van der Waals surface area contributed by atoms with Crippen molar-refractivity contribution in [2.24, 2.45) is 11.7 Å². The lowest BCUT2D eigenvalue weighted by molar-refractivity contribution is 0.0889. The van der Waals surface area contributed by atoms with Crippen molar-refractivity contribution in [2.45, 2.75) is 56.6 Å². The van der Waals surface area contributed by atoms with Crippen molar-refractivity contribution in [3.05, 3.63) is 23.7 Å². The highest BCUT2D eigenvalue weighted by molar-refractivity contribution is 5.22. The van der Waals surface area contributed by atoms with Crippen LogP contribution in [0.25, 0.3) is 0 Å². The monoisotopic (exact) mass is 235 g/mol. The van der Waals surface area contributed by atoms with E-state index in [9.17, 15) is 5.11 Å². The minimum atomic E-state index is -0.352. The van der Waals surface area contributed by atoms with Crippen LogP contribution in [0.15, 0.2) is 16.5 Å². The Bertz CT molecular complexity index is 404. The van der Waals surface area contributed by atoms with Gasteiger partial charge in [-0.1, -0.05) is 6.92 Å². The number of hydrogen-bond acceptors (Lipinski definition) is 3. The number of aliphatic hydroxyl groups is 1. The maximum atomic E-state index is 9.54. The van der Waals surface area contributed by atoms with Gasteiger partial charge in [0.25, 0.3) is 0 Å². The summed E-state index contributed by atoms with van der Waals surface area (Å²) < 4.78 is 5.95. The molecule has 0 bridgehead atoms. The van der Waals surface area contributed by atoms with Gasteiger partial charge in [-0.05, 0) is 50.2 Å². The van der Waals surface area contributed by atoms with Gasteiger partial charge in [0.05, 0.1) is 11.6 Å². The van der Waals surface area contributed by atoms with Crippen LogP contribution in [-0.4, -0.2) is 11.2 Å². The van der Waals surface area contributed by atoms with E-state index in [-0.39, 0.29) is 11.6 Å². The van der Waals surface area contributed by atoms with Crippen LogP contribution in [0.1, 0.15) is 56.5 Å². The highest BCUT2D eigenvalue weighted by Gasteiger charge is 2.39. The fourth-order valence-corrected chi connectivity index (χ4v) is 2.90. The molecule has 2 aliphatic carbocycles. The number of hydrogen-bond donors (Lipinski definition) is 2. The van der Waals surface area contributed by atoms with Gasteiger partial charge in [0.2, 0.25) is 0 Å². The van der Waals surface area contributed by atoms with Gasteiger partial charge in [0.15, 0.2) is 0 Å². The predicted molar refractivity (Wildman–Crippen MR) is 65.6 cm³/mol. The molecule has 94 valence electrons. The second kappa shape index (κ2) is 3.85. The molecule has 1 heterocycles. The van der Waals surface area contributed by atoms with Crippen LogP contribution in [0.4, 0.5) is 0 Å². The van der Waals surface area contributed by atoms with Crippen LogP contribution < -0.4 is 5.73 Å². The van der Waals surface area contributed by atoms with Gasteiger partial charge in [0, 0.05) is 5.92 Å². The van der Waals surface area contributed by atoms with Crippen LogP contribution in [0.5, 0.6) is 0 Å². The molecule has 2 fully saturated rings. The molecule has 3 N–H and O–H groups in total. The molecule has 3 nitrogen and oxygen atoms in total. The topological polar surface area (TPSA) is 59.4 Å². The van der Waals surface area contributed by atoms with Gasteiger partial charge in [-0.15, -0.1) is 0 Å². The molecule has 0 aliphatic heterocycles. The van der Waals surface area contributed by atoms with Gasteiger partial charge < -0.3 is 15.3 Å². The maximum Gasteiger partial charge on any atom is 0.124 e. The molecule has 17 heavy (non-hydrogen) atoms. The van der Waals surface area contributed by atoms with Crippen molar-refractivity contribution in [1.82, 2.24) is 0 Å². The Morgan fingerprint density at radius 3 is 2.59 bits per heavy atom. The maximum absolute atomic E-state index is 9.54. The Balaban J connectivity index is 1.77. The van der Waals surface area contributed by atoms with E-state index in [1.807, 2.05) is 6.07 Å². The van der Waals surface area contributed by atoms with Crippen molar-refractivity contribution in [3.63, 3.8) is 0 Å². The molecule has 2 atom stereocenters. The van der Waals surface area contributed by atoms with E-state index >= 15 is 0 Å². The van der Waals surface area contributed by atoms with E-state index in [0.717, 1.165) is 43.1 Å². The van der Waals surface area contributed by atoms with E-state index in [1.165, 1.54) is 6.42 Å². The van der Waals surface area contributed by atoms with Crippen molar-refractivity contribution in [2.75, 3.05) is 0 Å². The molecule has 3 heteroatoms. The van der Waals surface area contributed by atoms with Crippen LogP contribution in [0.3, 0.4) is 0 Å². The van der Waals surface area contributed by atoms with Gasteiger partial charge in [0.1, 0.15) is 11.5 Å². The second-order valence-electron chi connectivity index (χ2n) is 5.91. The largest absolute Gasteiger partial charge is 0.464 e. The summed E-state index contributed by atoms with van der Waals surface area (Å²) in [5, 5.41) is 9.54. The van der Waals surface area contributed by atoms with E-state index in [0.29, 0.717) is 5.92 Å². The summed E-state index contributed by atoms with van der Waals surface area (Å²) in [6, 6.07) is 4.13. The van der Waals surface area contributed by atoms with E-state index < -0.39 is 0 Å². The molecule has 1 aromatic rings. The summed E-state index contributed by atoms with van der Waals surface area (Å²) in [5.74, 6) is 3.39. The smallest absolute Gasteiger partial charge is 0.124 e. The molecule has 2 saturated carbocycles. The van der Waals surface area contributed by atoms with Gasteiger partial charge >= 0.3 is 0 Å². The van der Waals surface area contributed by atoms with Crippen LogP contribution in [-0.2, 0) is 5.54 Å². The van der Waals surface area contributed by atoms with Crippen LogP contribution in [0, 0.1) is 5.92 Å². The first kappa shape index (κ1) is 11.3. The van der Waals surface area contributed by atoms with Crippen molar-refractivity contribution in [1.29, 1.82) is 0 Å². The molecular weight excluding hydrogens is 214 g/mol. The minimum Gasteiger partial charge on any atom is -0.464 e. The highest BCUT2D eigenvalue weighted by Crippen LogP contribution is 2.48. The Hall–Kier alpha value is -0.800. The first-order valence-corrected chi connectivity index (χ1v) is 6.66. The van der Waals surface area contributed by atoms with Crippen LogP contribution in [0.2, 0.25) is 0 Å². The Morgan fingerprint density at radius 2 is 2.00 bits per heavy atom. The molecule has 0 spiro atoms. The number of nitrogens with two attached hydrogens (primary N) is 1. The fraction of sp³-hybridized carbons (Fsp3) is 0.714. The number of rotatable bonds is 2. The molecule has 0 aromatic carbocycles. The first-order valence-electron chi connectivity index (χ1n) is 6.66. The summed E-state index contributed by atoms with van der Waals surface area (Å²) >= 11 is 0. The summed E-state index contributed by atoms with van der Waals surface area (Å²) in [6.07, 6.45) is 4.27. The van der Waals surface area contributed by atoms with Gasteiger partial charge in [-0.2, -0.15) is 0 Å². The molecular formula is C14H21NO2. The van der Waals surface area contributed by atoms with E-state index in [1.54, 1.807) is 0 Å². The summed E-state index contributed by atoms with van der Waals surface area (Å²) in [4.78, 5) is 0. The zero-order valence-corrected chi connectivity index (χ0v) is 10.4. The lowest BCUT2D eigenvalue weighted by Crippen LogP contribution is -2.41. The third-order valence-electron chi connectivity index (χ3n) is 4.44. The average Bonchev–Trinajstić information content (AvgIpc) is 2.85. The first-order chi connectivity index (χ1) is 8.08. The van der Waals surface area contributed by atoms with Gasteiger partial charge in [-0.3, -0.25) is 0 Å². The van der Waals surface area contributed by atoms with E-state index in [4.69, 9.17) is 10.2 Å². The third kappa shape index (κ3) is 2.02. The fourth-order valence-electron chi connectivity index (χ4n) is 2.90. The Morgan fingerprint density at radius 1 is 1.35 bits per heavy atom. The molecule has 2 aliphatic rings. The van der Waals surface area contributed by atoms with Crippen LogP contribution >= 0.6 is 0 Å². The quantitative estimate of drug-likeness (QED) is 0.828. The lowest BCUT2D eigenvalue weighted by Gasteiger charge is -2.33. The summed E-state index contributed by atoms with van der Waals surface area (Å²) in [7, 11) is 0. The van der Waals surface area contributed by atoms with Gasteiger partial charge in [-0.25, -0.2) is 0 Å². The normalized spacial score (nSPS) is 41.5. The van der Waals surface area contributed by atoms with Crippen molar-refractivity contribution >= 4 is 0 Å². The Kier molecular flexibility index (Phi) is 2.56. The highest BCUT2D eigenvalue weighted by atomic mass is 16.3. The molecule has 2 unspecified atom stereocenters. The SMILES string of the molecule is CC1CC1c1ccc(C2(N)CCC(O)CC2)o1. The average molecular weight is 235 g/mol. The van der Waals surface area contributed by atoms with Crippen molar-refractivity contribution < 1.29 is 9.52 Å². The zero-order valence-electron chi connectivity index (χ0n) is 10.4. The molecule has 1 aromatic heterocycles. The summed E-state index contributed by atoms with van der Waals surface area (Å²) in [6.45, 7) is 2.25. The zero-order chi connectivity index (χ0) is 12.0. The lowest BCUT2D eigenvalue weighted by atomic mass is 9.79. The number of furan rings is 1. The molecule has 0 amide bonds. The molecule has 3 rings (SSSR count). The second-order valence-corrected chi connectivity index (χ2v) is 5.91. The Labute approximate surface area is 102 Å². The molecule has 0 radical (unpaired) electrons. The van der Waals surface area contributed by atoms with E-state index in [2.05, 4.69) is 13.0 Å². The number of aliphatic hydroxyl groups excluding tert-OH is 1. The standard InChI is InChI=1S/C14H21NO2/c1-9-8-11(9)12-2-3-13(17-12)14(15)6-4-10(16)5-7-14/h2-3,9-11,16H,4-8,15H2,1H3. The van der Waals surface area contributed by atoms with Crippen molar-refractivity contribution in [3.8, 4) is 0 Å².